The first-order valence-corrected chi connectivity index (χ1v) is 7.10. The van der Waals surface area contributed by atoms with Gasteiger partial charge in [0.2, 0.25) is 5.91 Å². The second-order valence-corrected chi connectivity index (χ2v) is 5.17. The van der Waals surface area contributed by atoms with Crippen LogP contribution in [0, 0.1) is 5.82 Å². The van der Waals surface area contributed by atoms with Crippen molar-refractivity contribution in [3.05, 3.63) is 30.1 Å². The summed E-state index contributed by atoms with van der Waals surface area (Å²) in [5.41, 5.74) is 0. The number of amides is 2. The third kappa shape index (κ3) is 3.73. The molecule has 1 aliphatic rings. The SMILES string of the molecule is CNC(=O)[C@@H]1CN(C(=O)COc2ccccc2F)CCN1C. The fourth-order valence-corrected chi connectivity index (χ4v) is 2.34. The van der Waals surface area contributed by atoms with Gasteiger partial charge in [0.05, 0.1) is 0 Å². The number of benzene rings is 1. The maximum absolute atomic E-state index is 13.4. The molecule has 120 valence electrons. The monoisotopic (exact) mass is 309 g/mol. The van der Waals surface area contributed by atoms with E-state index in [1.165, 1.54) is 12.1 Å². The van der Waals surface area contributed by atoms with Gasteiger partial charge in [-0.05, 0) is 19.2 Å². The minimum absolute atomic E-state index is 0.0489. The number of halogens is 1. The highest BCUT2D eigenvalue weighted by Gasteiger charge is 2.31. The molecule has 1 aromatic rings. The van der Waals surface area contributed by atoms with E-state index in [4.69, 9.17) is 4.74 Å². The zero-order valence-electron chi connectivity index (χ0n) is 12.7. The molecule has 1 N–H and O–H groups in total. The number of carbonyl (C=O) groups excluding carboxylic acids is 2. The van der Waals surface area contributed by atoms with Crippen molar-refractivity contribution in [2.75, 3.05) is 40.3 Å². The number of nitrogens with zero attached hydrogens (tertiary/aromatic N) is 2. The second kappa shape index (κ2) is 7.22. The number of carbonyl (C=O) groups is 2. The van der Waals surface area contributed by atoms with Gasteiger partial charge in [-0.2, -0.15) is 0 Å². The number of hydrogen-bond donors (Lipinski definition) is 1. The van der Waals surface area contributed by atoms with Crippen molar-refractivity contribution in [2.45, 2.75) is 6.04 Å². The first-order valence-electron chi connectivity index (χ1n) is 7.10. The first-order chi connectivity index (χ1) is 10.5. The van der Waals surface area contributed by atoms with E-state index in [1.54, 1.807) is 24.1 Å². The normalized spacial score (nSPS) is 18.9. The van der Waals surface area contributed by atoms with Gasteiger partial charge in [0, 0.05) is 26.7 Å². The summed E-state index contributed by atoms with van der Waals surface area (Å²) in [6.07, 6.45) is 0. The van der Waals surface area contributed by atoms with Crippen molar-refractivity contribution >= 4 is 11.8 Å². The third-order valence-electron chi connectivity index (χ3n) is 3.74. The van der Waals surface area contributed by atoms with Gasteiger partial charge in [0.25, 0.3) is 5.91 Å². The van der Waals surface area contributed by atoms with Crippen LogP contribution in [-0.2, 0) is 9.59 Å². The van der Waals surface area contributed by atoms with Gasteiger partial charge in [-0.15, -0.1) is 0 Å². The topological polar surface area (TPSA) is 61.9 Å². The molecule has 2 amide bonds. The summed E-state index contributed by atoms with van der Waals surface area (Å²) in [5, 5.41) is 2.59. The summed E-state index contributed by atoms with van der Waals surface area (Å²) >= 11 is 0. The Morgan fingerprint density at radius 1 is 1.36 bits per heavy atom. The smallest absolute Gasteiger partial charge is 0.260 e. The Labute approximate surface area is 128 Å². The average Bonchev–Trinajstić information content (AvgIpc) is 2.53. The van der Waals surface area contributed by atoms with E-state index in [0.717, 1.165) is 0 Å². The summed E-state index contributed by atoms with van der Waals surface area (Å²) in [6, 6.07) is 5.56. The summed E-state index contributed by atoms with van der Waals surface area (Å²) in [5.74, 6) is -0.843. The number of rotatable bonds is 4. The third-order valence-corrected chi connectivity index (χ3v) is 3.74. The van der Waals surface area contributed by atoms with E-state index in [2.05, 4.69) is 5.32 Å². The van der Waals surface area contributed by atoms with Crippen molar-refractivity contribution in [3.63, 3.8) is 0 Å². The standard InChI is InChI=1S/C15H20FN3O3/c1-17-15(21)12-9-19(8-7-18(12)2)14(20)10-22-13-6-4-3-5-11(13)16/h3-6,12H,7-10H2,1-2H3,(H,17,21)/t12-/m0/s1. The molecular weight excluding hydrogens is 289 g/mol. The molecule has 0 aromatic heterocycles. The second-order valence-electron chi connectivity index (χ2n) is 5.17. The lowest BCUT2D eigenvalue weighted by molar-refractivity contribution is -0.139. The van der Waals surface area contributed by atoms with Crippen LogP contribution in [0.3, 0.4) is 0 Å². The summed E-state index contributed by atoms with van der Waals surface area (Å²) in [6.45, 7) is 1.17. The van der Waals surface area contributed by atoms with Crippen LogP contribution in [0.25, 0.3) is 0 Å². The van der Waals surface area contributed by atoms with Crippen LogP contribution in [0.2, 0.25) is 0 Å². The quantitative estimate of drug-likeness (QED) is 0.856. The number of piperazine rings is 1. The molecule has 6 nitrogen and oxygen atoms in total. The molecule has 7 heteroatoms. The van der Waals surface area contributed by atoms with Crippen LogP contribution in [-0.4, -0.2) is 68.0 Å². The van der Waals surface area contributed by atoms with Crippen molar-refractivity contribution in [3.8, 4) is 5.75 Å². The van der Waals surface area contributed by atoms with Gasteiger partial charge in [-0.3, -0.25) is 14.5 Å². The predicted molar refractivity (Wildman–Crippen MR) is 79.0 cm³/mol. The van der Waals surface area contributed by atoms with Gasteiger partial charge in [-0.1, -0.05) is 12.1 Å². The van der Waals surface area contributed by atoms with E-state index in [0.29, 0.717) is 19.6 Å². The lowest BCUT2D eigenvalue weighted by Crippen LogP contribution is -2.58. The Morgan fingerprint density at radius 3 is 2.77 bits per heavy atom. The molecule has 0 saturated carbocycles. The van der Waals surface area contributed by atoms with Crippen molar-refractivity contribution < 1.29 is 18.7 Å². The maximum atomic E-state index is 13.4. The molecule has 0 aliphatic carbocycles. The molecule has 0 radical (unpaired) electrons. The Balaban J connectivity index is 1.92. The van der Waals surface area contributed by atoms with Gasteiger partial charge >= 0.3 is 0 Å². The fraction of sp³-hybridized carbons (Fsp3) is 0.467. The van der Waals surface area contributed by atoms with Gasteiger partial charge < -0.3 is 15.0 Å². The van der Waals surface area contributed by atoms with E-state index < -0.39 is 5.82 Å². The first kappa shape index (κ1) is 16.2. The summed E-state index contributed by atoms with van der Waals surface area (Å²) in [4.78, 5) is 27.4. The van der Waals surface area contributed by atoms with Crippen molar-refractivity contribution in [2.24, 2.45) is 0 Å². The molecule has 0 unspecified atom stereocenters. The van der Waals surface area contributed by atoms with Gasteiger partial charge in [0.1, 0.15) is 6.04 Å². The fourth-order valence-electron chi connectivity index (χ4n) is 2.34. The minimum Gasteiger partial charge on any atom is -0.481 e. The molecule has 1 heterocycles. The Bertz CT molecular complexity index is 553. The minimum atomic E-state index is -0.503. The number of hydrogen-bond acceptors (Lipinski definition) is 4. The van der Waals surface area contributed by atoms with Crippen LogP contribution in [0.1, 0.15) is 0 Å². The lowest BCUT2D eigenvalue weighted by Gasteiger charge is -2.38. The predicted octanol–water partition coefficient (Wildman–Crippen LogP) is 0.0931. The Kier molecular flexibility index (Phi) is 5.32. The number of nitrogens with one attached hydrogen (secondary N) is 1. The highest BCUT2D eigenvalue weighted by molar-refractivity contribution is 5.84. The van der Waals surface area contributed by atoms with Crippen molar-refractivity contribution in [1.29, 1.82) is 0 Å². The Hall–Kier alpha value is -2.15. The number of ether oxygens (including phenoxy) is 1. The van der Waals surface area contributed by atoms with Crippen LogP contribution in [0.5, 0.6) is 5.75 Å². The Morgan fingerprint density at radius 2 is 2.09 bits per heavy atom. The molecule has 1 aliphatic heterocycles. The molecule has 2 rings (SSSR count). The van der Waals surface area contributed by atoms with E-state index in [-0.39, 0.29) is 30.2 Å². The van der Waals surface area contributed by atoms with Gasteiger partial charge in [-0.25, -0.2) is 4.39 Å². The maximum Gasteiger partial charge on any atom is 0.260 e. The lowest BCUT2D eigenvalue weighted by atomic mass is 10.1. The van der Waals surface area contributed by atoms with Crippen molar-refractivity contribution in [1.82, 2.24) is 15.1 Å². The summed E-state index contributed by atoms with van der Waals surface area (Å²) < 4.78 is 18.7. The van der Waals surface area contributed by atoms with E-state index >= 15 is 0 Å². The van der Waals surface area contributed by atoms with Crippen LogP contribution < -0.4 is 10.1 Å². The molecule has 1 aromatic carbocycles. The highest BCUT2D eigenvalue weighted by Crippen LogP contribution is 2.16. The molecule has 0 spiro atoms. The van der Waals surface area contributed by atoms with Crippen LogP contribution in [0.15, 0.2) is 24.3 Å². The molecule has 1 saturated heterocycles. The van der Waals surface area contributed by atoms with Crippen LogP contribution in [0.4, 0.5) is 4.39 Å². The average molecular weight is 309 g/mol. The molecule has 0 bridgehead atoms. The summed E-state index contributed by atoms with van der Waals surface area (Å²) in [7, 11) is 3.41. The largest absolute Gasteiger partial charge is 0.481 e. The zero-order valence-corrected chi connectivity index (χ0v) is 12.7. The molecular formula is C15H20FN3O3. The molecule has 1 fully saturated rings. The van der Waals surface area contributed by atoms with E-state index in [1.807, 2.05) is 11.9 Å². The molecule has 22 heavy (non-hydrogen) atoms. The van der Waals surface area contributed by atoms with E-state index in [9.17, 15) is 14.0 Å². The highest BCUT2D eigenvalue weighted by atomic mass is 19.1. The van der Waals surface area contributed by atoms with Gasteiger partial charge in [0.15, 0.2) is 18.2 Å². The number of likely N-dealkylation sites (N-methyl/N-ethyl adjacent to an activating group) is 2. The van der Waals surface area contributed by atoms with Crippen LogP contribution >= 0.6 is 0 Å². The zero-order chi connectivity index (χ0) is 16.1. The number of para-hydroxylation sites is 1. The molecule has 1 atom stereocenters.